The van der Waals surface area contributed by atoms with Gasteiger partial charge in [0.05, 0.1) is 0 Å². The highest BCUT2D eigenvalue weighted by Gasteiger charge is 2.15. The van der Waals surface area contributed by atoms with Crippen LogP contribution in [0.1, 0.15) is 34.2 Å². The number of thiazole rings is 1. The molecule has 1 aromatic heterocycles. The smallest absolute Gasteiger partial charge is 0.358 e. The summed E-state index contributed by atoms with van der Waals surface area (Å²) in [7, 11) is 0. The zero-order valence-corrected chi connectivity index (χ0v) is 16.0. The van der Waals surface area contributed by atoms with Crippen LogP contribution in [0.5, 0.6) is 0 Å². The fourth-order valence-corrected chi connectivity index (χ4v) is 3.15. The average molecular weight is 394 g/mol. The highest BCUT2D eigenvalue weighted by Crippen LogP contribution is 2.23. The summed E-state index contributed by atoms with van der Waals surface area (Å²) < 4.78 is 5.09. The lowest BCUT2D eigenvalue weighted by atomic mass is 10.1. The second kappa shape index (κ2) is 9.05. The minimum atomic E-state index is -0.640. The molecule has 0 unspecified atom stereocenters. The van der Waals surface area contributed by atoms with Crippen LogP contribution in [0.4, 0.5) is 5.69 Å². The van der Waals surface area contributed by atoms with E-state index in [1.165, 1.54) is 11.3 Å². The highest BCUT2D eigenvalue weighted by atomic mass is 32.1. The standard InChI is InChI=1S/C21H18N2O4S/c1-2-19(25)22-16-10-8-14(9-11-16)18(24)12-27-21(26)17-13-28-20(23-17)15-6-4-3-5-7-15/h3-11,13H,2,12H2,1H3,(H,22,25). The lowest BCUT2D eigenvalue weighted by Crippen LogP contribution is -2.15. The van der Waals surface area contributed by atoms with Gasteiger partial charge in [0, 0.05) is 28.6 Å². The Hall–Kier alpha value is -3.32. The summed E-state index contributed by atoms with van der Waals surface area (Å²) in [6.07, 6.45) is 0.374. The summed E-state index contributed by atoms with van der Waals surface area (Å²) in [5.74, 6) is -1.08. The van der Waals surface area contributed by atoms with Crippen molar-refractivity contribution in [1.82, 2.24) is 4.98 Å². The number of carbonyl (C=O) groups excluding carboxylic acids is 3. The molecular formula is C21H18N2O4S. The van der Waals surface area contributed by atoms with Crippen LogP contribution in [0.25, 0.3) is 10.6 Å². The Kier molecular flexibility index (Phi) is 6.29. The predicted octanol–water partition coefficient (Wildman–Crippen LogP) is 4.20. The first-order valence-corrected chi connectivity index (χ1v) is 9.56. The molecule has 1 amide bonds. The van der Waals surface area contributed by atoms with Crippen molar-refractivity contribution in [2.45, 2.75) is 13.3 Å². The summed E-state index contributed by atoms with van der Waals surface area (Å²) in [6, 6.07) is 15.9. The molecule has 0 aliphatic heterocycles. The van der Waals surface area contributed by atoms with Crippen molar-refractivity contribution in [3.05, 3.63) is 71.2 Å². The van der Waals surface area contributed by atoms with Gasteiger partial charge in [0.2, 0.25) is 5.91 Å². The number of rotatable bonds is 7. The fourth-order valence-electron chi connectivity index (χ4n) is 2.36. The Balaban J connectivity index is 1.56. The van der Waals surface area contributed by atoms with Crippen LogP contribution in [0.2, 0.25) is 0 Å². The second-order valence-corrected chi connectivity index (χ2v) is 6.74. The Bertz CT molecular complexity index is 981. The topological polar surface area (TPSA) is 85.4 Å². The fraction of sp³-hybridized carbons (Fsp3) is 0.143. The summed E-state index contributed by atoms with van der Waals surface area (Å²) in [5, 5.41) is 5.03. The Morgan fingerprint density at radius 2 is 1.75 bits per heavy atom. The van der Waals surface area contributed by atoms with Gasteiger partial charge < -0.3 is 10.1 Å². The van der Waals surface area contributed by atoms with Gasteiger partial charge in [-0.05, 0) is 24.3 Å². The van der Waals surface area contributed by atoms with Crippen molar-refractivity contribution in [1.29, 1.82) is 0 Å². The van der Waals surface area contributed by atoms with Crippen LogP contribution in [0, 0.1) is 0 Å². The molecule has 0 aliphatic carbocycles. The Morgan fingerprint density at radius 3 is 2.43 bits per heavy atom. The van der Waals surface area contributed by atoms with Gasteiger partial charge in [-0.3, -0.25) is 9.59 Å². The minimum Gasteiger partial charge on any atom is -0.453 e. The molecule has 0 aliphatic rings. The lowest BCUT2D eigenvalue weighted by Gasteiger charge is -2.05. The van der Waals surface area contributed by atoms with Crippen molar-refractivity contribution in [3.8, 4) is 10.6 Å². The molecule has 0 atom stereocenters. The number of nitrogens with zero attached hydrogens (tertiary/aromatic N) is 1. The molecule has 0 spiro atoms. The van der Waals surface area contributed by atoms with Crippen molar-refractivity contribution in [2.24, 2.45) is 0 Å². The molecule has 0 fully saturated rings. The molecule has 0 saturated carbocycles. The van der Waals surface area contributed by atoms with Gasteiger partial charge in [-0.2, -0.15) is 0 Å². The number of hydrogen-bond acceptors (Lipinski definition) is 6. The zero-order chi connectivity index (χ0) is 19.9. The highest BCUT2D eigenvalue weighted by molar-refractivity contribution is 7.13. The number of hydrogen-bond donors (Lipinski definition) is 1. The van der Waals surface area contributed by atoms with Crippen LogP contribution in [-0.2, 0) is 9.53 Å². The number of ketones is 1. The van der Waals surface area contributed by atoms with E-state index < -0.39 is 5.97 Å². The van der Waals surface area contributed by atoms with Crippen molar-refractivity contribution < 1.29 is 19.1 Å². The molecule has 7 heteroatoms. The number of benzene rings is 2. The van der Waals surface area contributed by atoms with Crippen molar-refractivity contribution in [2.75, 3.05) is 11.9 Å². The maximum atomic E-state index is 12.2. The molecule has 142 valence electrons. The average Bonchev–Trinajstić information content (AvgIpc) is 3.23. The number of carbonyl (C=O) groups is 3. The molecular weight excluding hydrogens is 376 g/mol. The number of nitrogens with one attached hydrogen (secondary N) is 1. The van der Waals surface area contributed by atoms with E-state index in [9.17, 15) is 14.4 Å². The normalized spacial score (nSPS) is 10.3. The van der Waals surface area contributed by atoms with Crippen LogP contribution >= 0.6 is 11.3 Å². The molecule has 3 aromatic rings. The van der Waals surface area contributed by atoms with Gasteiger partial charge >= 0.3 is 5.97 Å². The maximum absolute atomic E-state index is 12.2. The third-order valence-corrected chi connectivity index (χ3v) is 4.77. The van der Waals surface area contributed by atoms with Gasteiger partial charge in [-0.1, -0.05) is 37.3 Å². The minimum absolute atomic E-state index is 0.105. The van der Waals surface area contributed by atoms with E-state index in [0.717, 1.165) is 5.56 Å². The van der Waals surface area contributed by atoms with Crippen LogP contribution in [-0.4, -0.2) is 29.3 Å². The van der Waals surface area contributed by atoms with Crippen LogP contribution in [0.3, 0.4) is 0 Å². The molecule has 1 heterocycles. The van der Waals surface area contributed by atoms with Crippen molar-refractivity contribution in [3.63, 3.8) is 0 Å². The van der Waals surface area contributed by atoms with E-state index >= 15 is 0 Å². The molecule has 28 heavy (non-hydrogen) atoms. The number of aromatic nitrogens is 1. The van der Waals surface area contributed by atoms with Gasteiger partial charge in [-0.25, -0.2) is 9.78 Å². The Labute approximate surface area is 166 Å². The van der Waals surface area contributed by atoms with E-state index in [1.807, 2.05) is 30.3 Å². The van der Waals surface area contributed by atoms with E-state index in [1.54, 1.807) is 36.6 Å². The largest absolute Gasteiger partial charge is 0.453 e. The van der Waals surface area contributed by atoms with E-state index in [-0.39, 0.29) is 24.0 Å². The quantitative estimate of drug-likeness (QED) is 0.479. The van der Waals surface area contributed by atoms with E-state index in [4.69, 9.17) is 4.74 Å². The molecule has 0 bridgehead atoms. The number of esters is 1. The van der Waals surface area contributed by atoms with Gasteiger partial charge in [0.15, 0.2) is 18.1 Å². The second-order valence-electron chi connectivity index (χ2n) is 5.88. The van der Waals surface area contributed by atoms with Crippen LogP contribution in [0.15, 0.2) is 60.0 Å². The van der Waals surface area contributed by atoms with E-state index in [2.05, 4.69) is 10.3 Å². The number of Topliss-reactive ketones (excluding diaryl/α,β-unsaturated/α-hetero) is 1. The maximum Gasteiger partial charge on any atom is 0.358 e. The van der Waals surface area contributed by atoms with Gasteiger partial charge in [-0.15, -0.1) is 11.3 Å². The molecule has 0 saturated heterocycles. The van der Waals surface area contributed by atoms with Crippen molar-refractivity contribution >= 4 is 34.7 Å². The van der Waals surface area contributed by atoms with Gasteiger partial charge in [0.1, 0.15) is 5.01 Å². The van der Waals surface area contributed by atoms with E-state index in [0.29, 0.717) is 22.7 Å². The first kappa shape index (κ1) is 19.4. The number of ether oxygens (including phenoxy) is 1. The molecule has 6 nitrogen and oxygen atoms in total. The summed E-state index contributed by atoms with van der Waals surface area (Å²) in [5.41, 5.74) is 2.09. The third kappa shape index (κ3) is 4.89. The number of amides is 1. The predicted molar refractivity (Wildman–Crippen MR) is 108 cm³/mol. The zero-order valence-electron chi connectivity index (χ0n) is 15.2. The summed E-state index contributed by atoms with van der Waals surface area (Å²) >= 11 is 1.34. The third-order valence-electron chi connectivity index (χ3n) is 3.88. The first-order chi connectivity index (χ1) is 13.6. The van der Waals surface area contributed by atoms with Gasteiger partial charge in [0.25, 0.3) is 0 Å². The monoisotopic (exact) mass is 394 g/mol. The molecule has 3 rings (SSSR count). The Morgan fingerprint density at radius 1 is 1.04 bits per heavy atom. The first-order valence-electron chi connectivity index (χ1n) is 8.68. The molecule has 1 N–H and O–H groups in total. The summed E-state index contributed by atoms with van der Waals surface area (Å²) in [4.78, 5) is 40.0. The SMILES string of the molecule is CCC(=O)Nc1ccc(C(=O)COC(=O)c2csc(-c3ccccc3)n2)cc1. The summed E-state index contributed by atoms with van der Waals surface area (Å²) in [6.45, 7) is 1.38. The lowest BCUT2D eigenvalue weighted by molar-refractivity contribution is -0.115. The molecule has 0 radical (unpaired) electrons. The molecule has 2 aromatic carbocycles. The van der Waals surface area contributed by atoms with Crippen LogP contribution < -0.4 is 5.32 Å². The number of anilines is 1.